The fourth-order valence-corrected chi connectivity index (χ4v) is 12.3. The van der Waals surface area contributed by atoms with Crippen molar-refractivity contribution in [3.63, 3.8) is 0 Å². The van der Waals surface area contributed by atoms with Crippen molar-refractivity contribution in [2.45, 2.75) is 13.1 Å². The third kappa shape index (κ3) is 5.14. The molecule has 0 atom stereocenters. The van der Waals surface area contributed by atoms with E-state index in [9.17, 15) is 0 Å². The maximum absolute atomic E-state index is 5.39. The number of rotatable bonds is 5. The van der Waals surface area contributed by atoms with Gasteiger partial charge < -0.3 is 0 Å². The Bertz CT molecular complexity index is 2850. The molecule has 1 aliphatic rings. The van der Waals surface area contributed by atoms with Crippen molar-refractivity contribution in [2.75, 3.05) is 0 Å². The quantitative estimate of drug-likeness (QED) is 0.168. The zero-order chi connectivity index (χ0) is 35.5. The monoisotopic (exact) mass is 693 g/mol. The molecule has 2 heterocycles. The van der Waals surface area contributed by atoms with E-state index in [1.54, 1.807) is 0 Å². The molecule has 250 valence electrons. The van der Waals surface area contributed by atoms with Gasteiger partial charge in [-0.1, -0.05) is 183 Å². The van der Waals surface area contributed by atoms with Crippen LogP contribution in [0.15, 0.2) is 176 Å². The highest BCUT2D eigenvalue weighted by Crippen LogP contribution is 2.38. The van der Waals surface area contributed by atoms with Crippen LogP contribution in [0.4, 0.5) is 0 Å². The van der Waals surface area contributed by atoms with Crippen LogP contribution in [0.3, 0.4) is 0 Å². The molecular weight excluding hydrogens is 659 g/mol. The molecule has 0 amide bonds. The first-order valence-corrected chi connectivity index (χ1v) is 21.2. The van der Waals surface area contributed by atoms with E-state index < -0.39 is 8.07 Å². The molecule has 0 radical (unpaired) electrons. The smallest absolute Gasteiger partial charge is 0.164 e. The van der Waals surface area contributed by atoms with E-state index in [1.807, 2.05) is 6.07 Å². The summed E-state index contributed by atoms with van der Waals surface area (Å²) in [4.78, 5) is 16.0. The zero-order valence-electron chi connectivity index (χ0n) is 29.6. The van der Waals surface area contributed by atoms with Gasteiger partial charge in [-0.25, -0.2) is 15.0 Å². The maximum Gasteiger partial charge on any atom is 0.164 e. The highest BCUT2D eigenvalue weighted by molar-refractivity contribution is 7.05. The van der Waals surface area contributed by atoms with E-state index in [4.69, 9.17) is 15.0 Å². The Morgan fingerprint density at radius 2 is 0.792 bits per heavy atom. The van der Waals surface area contributed by atoms with Crippen LogP contribution < -0.4 is 10.4 Å². The Balaban J connectivity index is 1.20. The summed E-state index contributed by atoms with van der Waals surface area (Å²) in [5, 5.41) is 7.80. The molecule has 4 heteroatoms. The number of hydrogen-bond acceptors (Lipinski definition) is 3. The number of nitrogens with zero attached hydrogens (tertiary/aromatic N) is 3. The number of fused-ring (bicyclic) bond motifs is 6. The molecule has 0 bridgehead atoms. The van der Waals surface area contributed by atoms with E-state index in [-0.39, 0.29) is 0 Å². The van der Waals surface area contributed by atoms with Crippen molar-refractivity contribution < 1.29 is 0 Å². The van der Waals surface area contributed by atoms with Crippen molar-refractivity contribution in [2.24, 2.45) is 0 Å². The van der Waals surface area contributed by atoms with Gasteiger partial charge in [0.2, 0.25) is 0 Å². The fraction of sp³-hybridized carbons (Fsp3) is 0.0408. The second kappa shape index (κ2) is 12.3. The molecule has 1 aromatic heterocycles. The lowest BCUT2D eigenvalue weighted by molar-refractivity contribution is 1.08. The minimum atomic E-state index is -2.20. The van der Waals surface area contributed by atoms with Gasteiger partial charge >= 0.3 is 0 Å². The lowest BCUT2D eigenvalue weighted by atomic mass is 9.94. The minimum absolute atomic E-state index is 0.666. The van der Waals surface area contributed by atoms with Gasteiger partial charge in [0.1, 0.15) is 8.07 Å². The second-order valence-corrected chi connectivity index (χ2v) is 18.6. The summed E-state index contributed by atoms with van der Waals surface area (Å²) in [6.45, 7) is 4.96. The van der Waals surface area contributed by atoms with Gasteiger partial charge in [0.15, 0.2) is 17.5 Å². The molecule has 0 N–H and O–H groups in total. The van der Waals surface area contributed by atoms with Crippen LogP contribution in [0.25, 0.3) is 89.1 Å². The Morgan fingerprint density at radius 1 is 0.302 bits per heavy atom. The van der Waals surface area contributed by atoms with E-state index in [2.05, 4.69) is 183 Å². The topological polar surface area (TPSA) is 38.7 Å². The van der Waals surface area contributed by atoms with E-state index in [1.165, 1.54) is 54.3 Å². The van der Waals surface area contributed by atoms with Crippen LogP contribution >= 0.6 is 0 Å². The summed E-state index contributed by atoms with van der Waals surface area (Å²) < 4.78 is 0. The average molecular weight is 694 g/mol. The summed E-state index contributed by atoms with van der Waals surface area (Å²) in [5.74, 6) is 2.05. The van der Waals surface area contributed by atoms with Gasteiger partial charge in [0.05, 0.1) is 0 Å². The van der Waals surface area contributed by atoms with E-state index in [0.717, 1.165) is 27.6 Å². The molecule has 8 aromatic carbocycles. The normalized spacial score (nSPS) is 12.9. The molecule has 0 unspecified atom stereocenters. The lowest BCUT2D eigenvalue weighted by Crippen LogP contribution is -2.50. The summed E-state index contributed by atoms with van der Waals surface area (Å²) in [6.07, 6.45) is 0. The molecule has 0 spiro atoms. The average Bonchev–Trinajstić information content (AvgIpc) is 3.47. The number of hydrogen-bond donors (Lipinski definition) is 0. The molecular formula is C49H35N3Si. The molecule has 0 aliphatic carbocycles. The van der Waals surface area contributed by atoms with Crippen LogP contribution in [0.1, 0.15) is 0 Å². The third-order valence-electron chi connectivity index (χ3n) is 10.9. The Kier molecular flexibility index (Phi) is 7.27. The lowest BCUT2D eigenvalue weighted by Gasteiger charge is -2.23. The molecule has 0 fully saturated rings. The van der Waals surface area contributed by atoms with Crippen LogP contribution in [0.2, 0.25) is 13.1 Å². The van der Waals surface area contributed by atoms with Crippen molar-refractivity contribution >= 4 is 40.0 Å². The van der Waals surface area contributed by atoms with Gasteiger partial charge in [-0.2, -0.15) is 0 Å². The van der Waals surface area contributed by atoms with Crippen molar-refractivity contribution in [3.8, 4) is 67.5 Å². The Morgan fingerprint density at radius 3 is 1.53 bits per heavy atom. The van der Waals surface area contributed by atoms with E-state index >= 15 is 0 Å². The molecule has 1 aliphatic heterocycles. The van der Waals surface area contributed by atoms with Gasteiger partial charge in [0, 0.05) is 16.7 Å². The fourth-order valence-electron chi connectivity index (χ4n) is 8.48. The second-order valence-electron chi connectivity index (χ2n) is 14.4. The van der Waals surface area contributed by atoms with Gasteiger partial charge in [-0.05, 0) is 71.4 Å². The van der Waals surface area contributed by atoms with Gasteiger partial charge in [-0.15, -0.1) is 0 Å². The van der Waals surface area contributed by atoms with Gasteiger partial charge in [0.25, 0.3) is 0 Å². The van der Waals surface area contributed by atoms with Crippen molar-refractivity contribution in [1.29, 1.82) is 0 Å². The molecule has 0 saturated heterocycles. The predicted octanol–water partition coefficient (Wildman–Crippen LogP) is 11.3. The molecule has 53 heavy (non-hydrogen) atoms. The van der Waals surface area contributed by atoms with Crippen LogP contribution in [0, 0.1) is 0 Å². The summed E-state index contributed by atoms with van der Waals surface area (Å²) in [7, 11) is -2.20. The Labute approximate surface area is 310 Å². The third-order valence-corrected chi connectivity index (χ3v) is 14.5. The first-order chi connectivity index (χ1) is 26.0. The molecule has 9 aromatic rings. The zero-order valence-corrected chi connectivity index (χ0v) is 30.6. The molecule has 0 saturated carbocycles. The van der Waals surface area contributed by atoms with Crippen LogP contribution in [-0.2, 0) is 0 Å². The SMILES string of the molecule is C[Si]1(C)c2c(-c3nc(-c4ccc(-c5ccccc5)cc4)nc(-c4ccc(-c5ccccc5)c5ccccc45)n3)cccc2-c2ccc3ccccc3c21. The highest BCUT2D eigenvalue weighted by Gasteiger charge is 2.41. The largest absolute Gasteiger partial charge is 0.208 e. The summed E-state index contributed by atoms with van der Waals surface area (Å²) >= 11 is 0. The number of aromatic nitrogens is 3. The van der Waals surface area contributed by atoms with Crippen LogP contribution in [0.5, 0.6) is 0 Å². The summed E-state index contributed by atoms with van der Waals surface area (Å²) in [6, 6.07) is 62.7. The highest BCUT2D eigenvalue weighted by atomic mass is 28.3. The maximum atomic E-state index is 5.39. The Hall–Kier alpha value is -6.49. The van der Waals surface area contributed by atoms with Crippen LogP contribution in [-0.4, -0.2) is 23.0 Å². The molecule has 3 nitrogen and oxygen atoms in total. The van der Waals surface area contributed by atoms with E-state index in [0.29, 0.717) is 17.5 Å². The first kappa shape index (κ1) is 31.3. The van der Waals surface area contributed by atoms with Gasteiger partial charge in [-0.3, -0.25) is 0 Å². The van der Waals surface area contributed by atoms with Crippen molar-refractivity contribution in [1.82, 2.24) is 15.0 Å². The summed E-state index contributed by atoms with van der Waals surface area (Å²) in [5.41, 5.74) is 10.4. The standard InChI is InChI=1S/C49H35N3Si/c1-53(2)45-38-19-10-9-18-35(38)28-29-42(45)41-22-13-23-44(46(41)53)49-51-47(36-26-24-33(25-27-36)32-14-5-3-6-15-32)50-48(52-49)43-31-30-37(34-16-7-4-8-17-34)39-20-11-12-21-40(39)43/h3-31H,1-2H3. The minimum Gasteiger partial charge on any atom is -0.208 e. The molecule has 10 rings (SSSR count). The first-order valence-electron chi connectivity index (χ1n) is 18.2. The number of benzene rings is 8. The van der Waals surface area contributed by atoms with Crippen molar-refractivity contribution in [3.05, 3.63) is 176 Å². The predicted molar refractivity (Wildman–Crippen MR) is 224 cm³/mol.